The molecular weight excluding hydrogens is 303 g/mol. The molecule has 96 valence electrons. The third-order valence-electron chi connectivity index (χ3n) is 2.80. The standard InChI is InChI=1S/C14H8Cl2O2S/c1-7-2-3-10-8(4-7)5-11(18-10)13(17)9-6-12(15)19-14(9)16/h2-6H,1H3. The molecule has 0 aliphatic rings. The molecule has 3 aromatic rings. The van der Waals surface area contributed by atoms with E-state index >= 15 is 0 Å². The smallest absolute Gasteiger partial charge is 0.230 e. The van der Waals surface area contributed by atoms with Gasteiger partial charge < -0.3 is 4.42 Å². The van der Waals surface area contributed by atoms with Gasteiger partial charge in [0.1, 0.15) is 9.92 Å². The molecule has 2 heterocycles. The average molecular weight is 311 g/mol. The highest BCUT2D eigenvalue weighted by atomic mass is 35.5. The number of benzene rings is 1. The maximum atomic E-state index is 12.3. The van der Waals surface area contributed by atoms with Crippen molar-refractivity contribution in [3.05, 3.63) is 55.9 Å². The Morgan fingerprint density at radius 1 is 1.21 bits per heavy atom. The number of furan rings is 1. The lowest BCUT2D eigenvalue weighted by Crippen LogP contribution is -1.97. The van der Waals surface area contributed by atoms with Crippen LogP contribution in [0.3, 0.4) is 0 Å². The van der Waals surface area contributed by atoms with Crippen LogP contribution in [-0.2, 0) is 0 Å². The summed E-state index contributed by atoms with van der Waals surface area (Å²) in [6.45, 7) is 1.99. The summed E-state index contributed by atoms with van der Waals surface area (Å²) < 4.78 is 6.42. The number of carbonyl (C=O) groups excluding carboxylic acids is 1. The van der Waals surface area contributed by atoms with Crippen LogP contribution in [0.5, 0.6) is 0 Å². The Labute approximate surface area is 123 Å². The number of fused-ring (bicyclic) bond motifs is 1. The lowest BCUT2D eigenvalue weighted by atomic mass is 10.1. The maximum Gasteiger partial charge on any atom is 0.230 e. The average Bonchev–Trinajstić information content (AvgIpc) is 2.91. The van der Waals surface area contributed by atoms with Crippen LogP contribution in [0, 0.1) is 6.92 Å². The Morgan fingerprint density at radius 2 is 2.00 bits per heavy atom. The molecule has 19 heavy (non-hydrogen) atoms. The van der Waals surface area contributed by atoms with Gasteiger partial charge in [-0.3, -0.25) is 4.79 Å². The molecule has 0 saturated heterocycles. The molecule has 0 bridgehead atoms. The molecule has 2 aromatic heterocycles. The van der Waals surface area contributed by atoms with Gasteiger partial charge in [-0.25, -0.2) is 0 Å². The molecule has 0 unspecified atom stereocenters. The summed E-state index contributed by atoms with van der Waals surface area (Å²) in [7, 11) is 0. The van der Waals surface area contributed by atoms with Crippen molar-refractivity contribution in [3.63, 3.8) is 0 Å². The zero-order valence-corrected chi connectivity index (χ0v) is 12.2. The number of halogens is 2. The highest BCUT2D eigenvalue weighted by Crippen LogP contribution is 2.33. The zero-order valence-electron chi connectivity index (χ0n) is 9.87. The van der Waals surface area contributed by atoms with Gasteiger partial charge in [-0.2, -0.15) is 0 Å². The lowest BCUT2D eigenvalue weighted by molar-refractivity contribution is 0.101. The van der Waals surface area contributed by atoms with E-state index in [2.05, 4.69) is 0 Å². The van der Waals surface area contributed by atoms with Crippen molar-refractivity contribution in [1.82, 2.24) is 0 Å². The van der Waals surface area contributed by atoms with Crippen molar-refractivity contribution < 1.29 is 9.21 Å². The van der Waals surface area contributed by atoms with Gasteiger partial charge in [-0.05, 0) is 31.2 Å². The molecule has 2 nitrogen and oxygen atoms in total. The minimum absolute atomic E-state index is 0.248. The van der Waals surface area contributed by atoms with E-state index in [-0.39, 0.29) is 11.5 Å². The molecule has 0 amide bonds. The molecule has 0 aliphatic carbocycles. The maximum absolute atomic E-state index is 12.3. The summed E-state index contributed by atoms with van der Waals surface area (Å²) in [5.74, 6) is 0.0268. The predicted octanol–water partition coefficient (Wildman–Crippen LogP) is 5.34. The number of hydrogen-bond donors (Lipinski definition) is 0. The second kappa shape index (κ2) is 4.67. The predicted molar refractivity (Wildman–Crippen MR) is 78.7 cm³/mol. The number of hydrogen-bond acceptors (Lipinski definition) is 3. The molecule has 0 radical (unpaired) electrons. The monoisotopic (exact) mass is 310 g/mol. The van der Waals surface area contributed by atoms with Crippen molar-refractivity contribution in [2.75, 3.05) is 0 Å². The first-order valence-electron chi connectivity index (χ1n) is 5.54. The summed E-state index contributed by atoms with van der Waals surface area (Å²) in [5.41, 5.74) is 2.18. The number of carbonyl (C=O) groups is 1. The Bertz CT molecular complexity index is 786. The second-order valence-corrected chi connectivity index (χ2v) is 6.50. The van der Waals surface area contributed by atoms with Crippen LogP contribution >= 0.6 is 34.5 Å². The van der Waals surface area contributed by atoms with E-state index in [9.17, 15) is 4.79 Å². The molecular formula is C14H8Cl2O2S. The fourth-order valence-electron chi connectivity index (χ4n) is 1.90. The van der Waals surface area contributed by atoms with Crippen LogP contribution in [-0.4, -0.2) is 5.78 Å². The Hall–Kier alpha value is -1.29. The van der Waals surface area contributed by atoms with E-state index in [4.69, 9.17) is 27.6 Å². The highest BCUT2D eigenvalue weighted by Gasteiger charge is 2.19. The minimum Gasteiger partial charge on any atom is -0.453 e. The van der Waals surface area contributed by atoms with Crippen molar-refractivity contribution >= 4 is 51.3 Å². The Kier molecular flexibility index (Phi) is 3.13. The van der Waals surface area contributed by atoms with Crippen molar-refractivity contribution in [1.29, 1.82) is 0 Å². The minimum atomic E-state index is -0.248. The van der Waals surface area contributed by atoms with Gasteiger partial charge in [-0.15, -0.1) is 11.3 Å². The topological polar surface area (TPSA) is 30.2 Å². The molecule has 0 atom stereocenters. The van der Waals surface area contributed by atoms with Crippen LogP contribution in [0.2, 0.25) is 8.67 Å². The number of rotatable bonds is 2. The largest absolute Gasteiger partial charge is 0.453 e. The summed E-state index contributed by atoms with van der Waals surface area (Å²) in [6, 6.07) is 9.05. The third-order valence-corrected chi connectivity index (χ3v) is 4.28. The molecule has 1 aromatic carbocycles. The quantitative estimate of drug-likeness (QED) is 0.598. The summed E-state index contributed by atoms with van der Waals surface area (Å²) in [5, 5.41) is 0.904. The summed E-state index contributed by atoms with van der Waals surface area (Å²) in [4.78, 5) is 12.3. The van der Waals surface area contributed by atoms with Gasteiger partial charge in [0.25, 0.3) is 0 Å². The van der Waals surface area contributed by atoms with E-state index in [1.807, 2.05) is 25.1 Å². The van der Waals surface area contributed by atoms with Crippen molar-refractivity contribution in [2.24, 2.45) is 0 Å². The Balaban J connectivity index is 2.09. The SMILES string of the molecule is Cc1ccc2oc(C(=O)c3cc(Cl)sc3Cl)cc2c1. The molecule has 5 heteroatoms. The normalized spacial score (nSPS) is 11.1. The van der Waals surface area contributed by atoms with Crippen LogP contribution in [0.4, 0.5) is 0 Å². The molecule has 0 N–H and O–H groups in total. The fourth-order valence-corrected chi connectivity index (χ4v) is 3.36. The van der Waals surface area contributed by atoms with E-state index in [0.29, 0.717) is 19.8 Å². The zero-order chi connectivity index (χ0) is 13.6. The molecule has 0 aliphatic heterocycles. The first-order chi connectivity index (χ1) is 9.04. The Morgan fingerprint density at radius 3 is 2.68 bits per heavy atom. The van der Waals surface area contributed by atoms with E-state index in [0.717, 1.165) is 10.9 Å². The molecule has 3 rings (SSSR count). The number of ketones is 1. The first-order valence-corrected chi connectivity index (χ1v) is 7.11. The molecule has 0 spiro atoms. The lowest BCUT2D eigenvalue weighted by Gasteiger charge is -1.93. The van der Waals surface area contributed by atoms with Gasteiger partial charge in [0.05, 0.1) is 9.90 Å². The molecule has 0 fully saturated rings. The second-order valence-electron chi connectivity index (χ2n) is 4.22. The molecule has 0 saturated carbocycles. The van der Waals surface area contributed by atoms with Crippen LogP contribution in [0.1, 0.15) is 21.7 Å². The van der Waals surface area contributed by atoms with Gasteiger partial charge >= 0.3 is 0 Å². The van der Waals surface area contributed by atoms with Crippen LogP contribution in [0.25, 0.3) is 11.0 Å². The van der Waals surface area contributed by atoms with Crippen LogP contribution < -0.4 is 0 Å². The van der Waals surface area contributed by atoms with Crippen LogP contribution in [0.15, 0.2) is 34.7 Å². The summed E-state index contributed by atoms with van der Waals surface area (Å²) >= 11 is 13.0. The number of thiophene rings is 1. The number of aryl methyl sites for hydroxylation is 1. The third kappa shape index (κ3) is 2.29. The first kappa shape index (κ1) is 12.7. The highest BCUT2D eigenvalue weighted by molar-refractivity contribution is 7.20. The summed E-state index contributed by atoms with van der Waals surface area (Å²) in [6.07, 6.45) is 0. The van der Waals surface area contributed by atoms with Gasteiger partial charge in [0.15, 0.2) is 5.76 Å². The van der Waals surface area contributed by atoms with Crippen molar-refractivity contribution in [3.8, 4) is 0 Å². The van der Waals surface area contributed by atoms with Gasteiger partial charge in [0.2, 0.25) is 5.78 Å². The van der Waals surface area contributed by atoms with Crippen molar-refractivity contribution in [2.45, 2.75) is 6.92 Å². The van der Waals surface area contributed by atoms with E-state index < -0.39 is 0 Å². The fraction of sp³-hybridized carbons (Fsp3) is 0.0714. The van der Waals surface area contributed by atoms with E-state index in [1.165, 1.54) is 11.3 Å². The van der Waals surface area contributed by atoms with Gasteiger partial charge in [0, 0.05) is 5.39 Å². The van der Waals surface area contributed by atoms with Gasteiger partial charge in [-0.1, -0.05) is 34.8 Å². The van der Waals surface area contributed by atoms with E-state index in [1.54, 1.807) is 12.1 Å².